The van der Waals surface area contributed by atoms with E-state index in [9.17, 15) is 46.2 Å². The molecule has 10 rings (SSSR count). The lowest BCUT2D eigenvalue weighted by Crippen LogP contribution is -2.53. The standard InChI is InChI=1S/2C33H38N2O6S/c2*1-21(2)29-33(16-17-34(29)31(38)41-32(3,4)5)26-12-7-8-13-27(26)35(30(33)37)25-11-9-10-22(18-25)23-14-15-24(20-36)28(19-23)42(6,39)40/h2*7-15,18-19,21,29,36H,16-17,20H2,1-6H3/t2*29-,33-/m10/s1. The number of amides is 4. The first kappa shape index (κ1) is 61.2. The molecule has 84 heavy (non-hydrogen) atoms. The SMILES string of the molecule is CC(C)[C@@H]1N(C(=O)OC(C)(C)C)CC[C@@]12C(=O)N(c1cccc(-c3ccc(CO)c(S(C)(=O)=O)c3)c1)c1ccccc12.CC(C)[C@H]1N(C(=O)OC(C)(C)C)CC[C@]12C(=O)N(c1cccc(-c3ccc(CO)c(S(C)(=O)=O)c3)c1)c1ccccc12. The van der Waals surface area contributed by atoms with E-state index in [1.54, 1.807) is 56.0 Å². The van der Waals surface area contributed by atoms with E-state index in [4.69, 9.17) is 9.47 Å². The van der Waals surface area contributed by atoms with Gasteiger partial charge in [0.1, 0.15) is 11.2 Å². The summed E-state index contributed by atoms with van der Waals surface area (Å²) in [5, 5.41) is 19.4. The van der Waals surface area contributed by atoms with E-state index < -0.39 is 66.0 Å². The fourth-order valence-electron chi connectivity index (χ4n) is 13.2. The van der Waals surface area contributed by atoms with E-state index in [1.807, 2.05) is 166 Å². The van der Waals surface area contributed by atoms with Gasteiger partial charge in [0, 0.05) is 37.0 Å². The lowest BCUT2D eigenvalue weighted by molar-refractivity contribution is -0.124. The van der Waals surface area contributed by atoms with Gasteiger partial charge in [0.15, 0.2) is 19.7 Å². The number of para-hydroxylation sites is 2. The molecule has 18 heteroatoms. The van der Waals surface area contributed by atoms with Crippen LogP contribution in [0.3, 0.4) is 0 Å². The molecular formula is C66H76N4O12S2. The minimum Gasteiger partial charge on any atom is -0.444 e. The average molecular weight is 1180 g/mol. The quantitative estimate of drug-likeness (QED) is 0.131. The van der Waals surface area contributed by atoms with E-state index in [-0.39, 0.29) is 46.7 Å². The molecule has 444 valence electrons. The molecule has 0 unspecified atom stereocenters. The molecule has 4 heterocycles. The third-order valence-corrected chi connectivity index (χ3v) is 18.6. The number of carbonyl (C=O) groups is 4. The number of anilines is 4. The molecule has 4 amide bonds. The van der Waals surface area contributed by atoms with Gasteiger partial charge in [0.05, 0.1) is 57.3 Å². The summed E-state index contributed by atoms with van der Waals surface area (Å²) in [4.78, 5) is 63.2. The number of hydrogen-bond donors (Lipinski definition) is 2. The maximum absolute atomic E-state index is 14.7. The van der Waals surface area contributed by atoms with Crippen LogP contribution in [0.4, 0.5) is 32.3 Å². The van der Waals surface area contributed by atoms with Crippen LogP contribution in [0.2, 0.25) is 0 Å². The minimum atomic E-state index is -3.57. The van der Waals surface area contributed by atoms with Crippen LogP contribution in [0.5, 0.6) is 0 Å². The third kappa shape index (κ3) is 11.1. The highest BCUT2D eigenvalue weighted by molar-refractivity contribution is 7.91. The number of ether oxygens (including phenoxy) is 2. The van der Waals surface area contributed by atoms with Crippen LogP contribution in [0.1, 0.15) is 104 Å². The Labute approximate surface area is 493 Å². The van der Waals surface area contributed by atoms with Crippen LogP contribution in [0.15, 0.2) is 143 Å². The van der Waals surface area contributed by atoms with Crippen molar-refractivity contribution in [2.75, 3.05) is 35.4 Å². The van der Waals surface area contributed by atoms with Crippen molar-refractivity contribution in [1.82, 2.24) is 9.80 Å². The van der Waals surface area contributed by atoms with E-state index >= 15 is 0 Å². The molecule has 0 aromatic heterocycles. The van der Waals surface area contributed by atoms with Crippen molar-refractivity contribution in [3.8, 4) is 22.3 Å². The zero-order valence-electron chi connectivity index (χ0n) is 49.8. The van der Waals surface area contributed by atoms with Gasteiger partial charge in [-0.15, -0.1) is 0 Å². The molecule has 0 bridgehead atoms. The molecule has 6 aromatic carbocycles. The van der Waals surface area contributed by atoms with Crippen molar-refractivity contribution < 1.29 is 55.7 Å². The van der Waals surface area contributed by atoms with Gasteiger partial charge in [-0.1, -0.05) is 113 Å². The summed E-state index contributed by atoms with van der Waals surface area (Å²) >= 11 is 0. The van der Waals surface area contributed by atoms with Crippen molar-refractivity contribution in [2.45, 2.75) is 139 Å². The Morgan fingerprint density at radius 1 is 0.524 bits per heavy atom. The molecular weight excluding hydrogens is 1100 g/mol. The van der Waals surface area contributed by atoms with Crippen molar-refractivity contribution in [1.29, 1.82) is 0 Å². The van der Waals surface area contributed by atoms with Crippen molar-refractivity contribution in [2.24, 2.45) is 11.8 Å². The number of carbonyl (C=O) groups excluding carboxylic acids is 4. The molecule has 16 nitrogen and oxygen atoms in total. The van der Waals surface area contributed by atoms with Crippen molar-refractivity contribution in [3.05, 3.63) is 156 Å². The molecule has 0 saturated carbocycles. The second-order valence-electron chi connectivity index (χ2n) is 25.1. The predicted molar refractivity (Wildman–Crippen MR) is 325 cm³/mol. The molecule has 4 aliphatic heterocycles. The monoisotopic (exact) mass is 1180 g/mol. The van der Waals surface area contributed by atoms with Gasteiger partial charge in [0.2, 0.25) is 11.8 Å². The molecule has 4 atom stereocenters. The summed E-state index contributed by atoms with van der Waals surface area (Å²) in [6.07, 6.45) is 2.35. The molecule has 2 saturated heterocycles. The molecule has 6 aromatic rings. The number of sulfone groups is 2. The van der Waals surface area contributed by atoms with Crippen LogP contribution >= 0.6 is 0 Å². The van der Waals surface area contributed by atoms with Gasteiger partial charge >= 0.3 is 12.2 Å². The zero-order valence-corrected chi connectivity index (χ0v) is 51.5. The highest BCUT2D eigenvalue weighted by Gasteiger charge is 2.64. The maximum atomic E-state index is 14.7. The molecule has 2 spiro atoms. The van der Waals surface area contributed by atoms with Crippen molar-refractivity contribution >= 4 is 66.4 Å². The number of rotatable bonds is 10. The van der Waals surface area contributed by atoms with Gasteiger partial charge in [-0.05, 0) is 159 Å². The number of aliphatic hydroxyl groups is 2. The maximum Gasteiger partial charge on any atom is 0.410 e. The Morgan fingerprint density at radius 3 is 1.19 bits per heavy atom. The fraction of sp³-hybridized carbons (Fsp3) is 0.394. The predicted octanol–water partition coefficient (Wildman–Crippen LogP) is 11.7. The van der Waals surface area contributed by atoms with Crippen molar-refractivity contribution in [3.63, 3.8) is 0 Å². The lowest BCUT2D eigenvalue weighted by Gasteiger charge is -2.37. The third-order valence-electron chi connectivity index (χ3n) is 16.3. The Morgan fingerprint density at radius 2 is 0.869 bits per heavy atom. The molecule has 0 aliphatic carbocycles. The smallest absolute Gasteiger partial charge is 0.410 e. The van der Waals surface area contributed by atoms with Crippen LogP contribution in [0, 0.1) is 11.8 Å². The fourth-order valence-corrected chi connectivity index (χ4v) is 15.1. The van der Waals surface area contributed by atoms with Crippen LogP contribution < -0.4 is 9.80 Å². The van der Waals surface area contributed by atoms with Gasteiger partial charge < -0.3 is 29.5 Å². The lowest BCUT2D eigenvalue weighted by atomic mass is 9.71. The number of hydrogen-bond acceptors (Lipinski definition) is 12. The summed E-state index contributed by atoms with van der Waals surface area (Å²) in [6.45, 7) is 19.2. The summed E-state index contributed by atoms with van der Waals surface area (Å²) in [5.74, 6) is -0.248. The molecule has 0 radical (unpaired) electrons. The number of likely N-dealkylation sites (tertiary alicyclic amines) is 2. The molecule has 4 aliphatic rings. The highest BCUT2D eigenvalue weighted by atomic mass is 32.2. The number of fused-ring (bicyclic) bond motifs is 4. The molecule has 2 N–H and O–H groups in total. The van der Waals surface area contributed by atoms with E-state index in [0.717, 1.165) is 46.1 Å². The summed E-state index contributed by atoms with van der Waals surface area (Å²) in [7, 11) is -7.14. The largest absolute Gasteiger partial charge is 0.444 e. The Balaban J connectivity index is 0.000000202. The summed E-state index contributed by atoms with van der Waals surface area (Å²) < 4.78 is 61.2. The van der Waals surface area contributed by atoms with E-state index in [1.165, 1.54) is 0 Å². The van der Waals surface area contributed by atoms with Gasteiger partial charge in [0.25, 0.3) is 0 Å². The Hall–Kier alpha value is -7.38. The number of aliphatic hydroxyl groups excluding tert-OH is 2. The molecule has 2 fully saturated rings. The zero-order chi connectivity index (χ0) is 61.2. The van der Waals surface area contributed by atoms with Crippen LogP contribution in [-0.2, 0) is 62.8 Å². The first-order chi connectivity index (χ1) is 39.4. The number of nitrogens with zero attached hydrogens (tertiary/aromatic N) is 4. The minimum absolute atomic E-state index is 0.0252. The first-order valence-corrected chi connectivity index (χ1v) is 32.1. The average Bonchev–Trinajstić information content (AvgIpc) is 1.60. The van der Waals surface area contributed by atoms with Crippen LogP contribution in [-0.4, -0.2) is 110 Å². The second-order valence-corrected chi connectivity index (χ2v) is 29.1. The second kappa shape index (κ2) is 22.6. The summed E-state index contributed by atoms with van der Waals surface area (Å²) in [5.41, 5.74) is 4.83. The Bertz CT molecular complexity index is 3560. The topological polar surface area (TPSA) is 208 Å². The number of benzene rings is 6. The van der Waals surface area contributed by atoms with Gasteiger partial charge in [-0.2, -0.15) is 0 Å². The normalized spacial score (nSPS) is 20.5. The summed E-state index contributed by atoms with van der Waals surface area (Å²) in [6, 6.07) is 39.4. The van der Waals surface area contributed by atoms with Crippen LogP contribution in [0.25, 0.3) is 22.3 Å². The van der Waals surface area contributed by atoms with Gasteiger partial charge in [-0.25, -0.2) is 26.4 Å². The first-order valence-electron chi connectivity index (χ1n) is 28.3. The Kier molecular flexibility index (Phi) is 16.4. The van der Waals surface area contributed by atoms with E-state index in [2.05, 4.69) is 0 Å². The van der Waals surface area contributed by atoms with E-state index in [0.29, 0.717) is 59.6 Å². The van der Waals surface area contributed by atoms with Gasteiger partial charge in [-0.3, -0.25) is 19.4 Å². The highest BCUT2D eigenvalue weighted by Crippen LogP contribution is 2.57.